The lowest BCUT2D eigenvalue weighted by molar-refractivity contribution is -0.126. The number of amides is 2. The Morgan fingerprint density at radius 1 is 1.13 bits per heavy atom. The average Bonchev–Trinajstić information content (AvgIpc) is 3.30. The van der Waals surface area contributed by atoms with E-state index in [2.05, 4.69) is 32.6 Å². The minimum absolute atomic E-state index is 0.0190. The Morgan fingerprint density at radius 2 is 1.93 bits per heavy atom. The molecule has 0 aliphatic carbocycles. The third-order valence-electron chi connectivity index (χ3n) is 5.42. The highest BCUT2D eigenvalue weighted by molar-refractivity contribution is 5.94. The SMILES string of the molecule is O=C(NCCc1ccccc1)C1CCCN(C(=O)c2cc(-c3ccncc3)n[nH]2)C1. The van der Waals surface area contributed by atoms with Gasteiger partial charge >= 0.3 is 0 Å². The summed E-state index contributed by atoms with van der Waals surface area (Å²) in [7, 11) is 0. The van der Waals surface area contributed by atoms with Gasteiger partial charge in [0.25, 0.3) is 5.91 Å². The Morgan fingerprint density at radius 3 is 2.73 bits per heavy atom. The van der Waals surface area contributed by atoms with Crippen molar-refractivity contribution in [3.8, 4) is 11.3 Å². The number of benzene rings is 1. The summed E-state index contributed by atoms with van der Waals surface area (Å²) in [6.45, 7) is 1.68. The Kier molecular flexibility index (Phi) is 6.17. The average molecular weight is 403 g/mol. The van der Waals surface area contributed by atoms with E-state index < -0.39 is 0 Å². The summed E-state index contributed by atoms with van der Waals surface area (Å²) in [6, 6.07) is 15.5. The van der Waals surface area contributed by atoms with Gasteiger partial charge in [0, 0.05) is 37.6 Å². The number of carbonyl (C=O) groups excluding carboxylic acids is 2. The fourth-order valence-electron chi connectivity index (χ4n) is 3.77. The van der Waals surface area contributed by atoms with E-state index in [0.717, 1.165) is 24.8 Å². The van der Waals surface area contributed by atoms with Crippen LogP contribution in [0.3, 0.4) is 0 Å². The van der Waals surface area contributed by atoms with Crippen LogP contribution in [-0.4, -0.2) is 51.5 Å². The van der Waals surface area contributed by atoms with Crippen LogP contribution in [0.4, 0.5) is 0 Å². The van der Waals surface area contributed by atoms with Gasteiger partial charge in [0.1, 0.15) is 5.69 Å². The summed E-state index contributed by atoms with van der Waals surface area (Å²) in [4.78, 5) is 31.3. The summed E-state index contributed by atoms with van der Waals surface area (Å²) in [5, 5.41) is 10.1. The maximum absolute atomic E-state index is 12.9. The number of aromatic nitrogens is 3. The van der Waals surface area contributed by atoms with E-state index in [4.69, 9.17) is 0 Å². The van der Waals surface area contributed by atoms with Gasteiger partial charge in [-0.25, -0.2) is 0 Å². The van der Waals surface area contributed by atoms with Gasteiger partial charge in [0.2, 0.25) is 5.91 Å². The van der Waals surface area contributed by atoms with Crippen LogP contribution in [0.5, 0.6) is 0 Å². The van der Waals surface area contributed by atoms with Crippen molar-refractivity contribution < 1.29 is 9.59 Å². The zero-order valence-electron chi connectivity index (χ0n) is 16.8. The predicted molar refractivity (Wildman–Crippen MR) is 114 cm³/mol. The molecule has 0 radical (unpaired) electrons. The molecule has 1 aromatic carbocycles. The lowest BCUT2D eigenvalue weighted by Gasteiger charge is -2.31. The Labute approximate surface area is 175 Å². The molecule has 30 heavy (non-hydrogen) atoms. The molecule has 1 fully saturated rings. The Bertz CT molecular complexity index is 987. The van der Waals surface area contributed by atoms with Gasteiger partial charge in [-0.15, -0.1) is 0 Å². The normalized spacial score (nSPS) is 16.3. The largest absolute Gasteiger partial charge is 0.355 e. The van der Waals surface area contributed by atoms with Gasteiger partial charge < -0.3 is 10.2 Å². The van der Waals surface area contributed by atoms with Crippen molar-refractivity contribution in [3.05, 3.63) is 72.2 Å². The molecule has 0 bridgehead atoms. The maximum Gasteiger partial charge on any atom is 0.271 e. The van der Waals surface area contributed by atoms with Crippen LogP contribution in [0.2, 0.25) is 0 Å². The number of nitrogens with one attached hydrogen (secondary N) is 2. The van der Waals surface area contributed by atoms with Crippen molar-refractivity contribution in [2.45, 2.75) is 19.3 Å². The van der Waals surface area contributed by atoms with Crippen LogP contribution in [0.25, 0.3) is 11.3 Å². The molecule has 0 spiro atoms. The fourth-order valence-corrected chi connectivity index (χ4v) is 3.77. The molecule has 1 unspecified atom stereocenters. The first-order valence-corrected chi connectivity index (χ1v) is 10.3. The molecule has 3 heterocycles. The highest BCUT2D eigenvalue weighted by atomic mass is 16.2. The molecular weight excluding hydrogens is 378 g/mol. The van der Waals surface area contributed by atoms with Crippen molar-refractivity contribution in [2.75, 3.05) is 19.6 Å². The second-order valence-electron chi connectivity index (χ2n) is 7.52. The molecule has 0 saturated carbocycles. The number of hydrogen-bond donors (Lipinski definition) is 2. The lowest BCUT2D eigenvalue weighted by atomic mass is 9.96. The summed E-state index contributed by atoms with van der Waals surface area (Å²) in [5.41, 5.74) is 3.23. The predicted octanol–water partition coefficient (Wildman–Crippen LogP) is 2.68. The maximum atomic E-state index is 12.9. The van der Waals surface area contributed by atoms with Crippen molar-refractivity contribution in [1.82, 2.24) is 25.4 Å². The van der Waals surface area contributed by atoms with Crippen molar-refractivity contribution in [1.29, 1.82) is 0 Å². The third kappa shape index (κ3) is 4.74. The van der Waals surface area contributed by atoms with E-state index in [-0.39, 0.29) is 17.7 Å². The molecule has 154 valence electrons. The highest BCUT2D eigenvalue weighted by Gasteiger charge is 2.29. The van der Waals surface area contributed by atoms with Gasteiger partial charge in [-0.1, -0.05) is 30.3 Å². The van der Waals surface area contributed by atoms with Gasteiger partial charge in [0.05, 0.1) is 11.6 Å². The Balaban J connectivity index is 1.32. The van der Waals surface area contributed by atoms with Gasteiger partial charge in [-0.2, -0.15) is 5.10 Å². The number of aromatic amines is 1. The molecule has 1 aliphatic rings. The quantitative estimate of drug-likeness (QED) is 0.662. The molecule has 1 aliphatic heterocycles. The molecule has 3 aromatic rings. The number of H-pyrrole nitrogens is 1. The number of likely N-dealkylation sites (tertiary alicyclic amines) is 1. The monoisotopic (exact) mass is 403 g/mol. The number of piperidine rings is 1. The van der Waals surface area contributed by atoms with Crippen molar-refractivity contribution >= 4 is 11.8 Å². The number of rotatable bonds is 6. The summed E-state index contributed by atoms with van der Waals surface area (Å²) in [6.07, 6.45) is 5.79. The smallest absolute Gasteiger partial charge is 0.271 e. The molecule has 7 heteroatoms. The topological polar surface area (TPSA) is 91.0 Å². The first-order valence-electron chi connectivity index (χ1n) is 10.3. The van der Waals surface area contributed by atoms with Crippen LogP contribution < -0.4 is 5.32 Å². The van der Waals surface area contributed by atoms with Gasteiger partial charge in [-0.05, 0) is 43.0 Å². The molecule has 2 N–H and O–H groups in total. The zero-order valence-corrected chi connectivity index (χ0v) is 16.8. The summed E-state index contributed by atoms with van der Waals surface area (Å²) in [5.74, 6) is -0.281. The van der Waals surface area contributed by atoms with Crippen LogP contribution in [0.15, 0.2) is 60.9 Å². The molecule has 2 amide bonds. The molecular formula is C23H25N5O2. The number of nitrogens with zero attached hydrogens (tertiary/aromatic N) is 3. The molecule has 2 aromatic heterocycles. The number of carbonyl (C=O) groups is 2. The third-order valence-corrected chi connectivity index (χ3v) is 5.42. The van der Waals surface area contributed by atoms with Crippen molar-refractivity contribution in [2.24, 2.45) is 5.92 Å². The van der Waals surface area contributed by atoms with Crippen LogP contribution >= 0.6 is 0 Å². The zero-order chi connectivity index (χ0) is 20.8. The van der Waals surface area contributed by atoms with E-state index in [0.29, 0.717) is 31.0 Å². The number of pyridine rings is 1. The van der Waals surface area contributed by atoms with Crippen molar-refractivity contribution in [3.63, 3.8) is 0 Å². The molecule has 7 nitrogen and oxygen atoms in total. The van der Waals surface area contributed by atoms with E-state index in [1.807, 2.05) is 30.3 Å². The highest BCUT2D eigenvalue weighted by Crippen LogP contribution is 2.21. The number of hydrogen-bond acceptors (Lipinski definition) is 4. The first kappa shape index (κ1) is 19.8. The second-order valence-corrected chi connectivity index (χ2v) is 7.52. The molecule has 4 rings (SSSR count). The van der Waals surface area contributed by atoms with Gasteiger partial charge in [-0.3, -0.25) is 19.7 Å². The van der Waals surface area contributed by atoms with Crippen LogP contribution in [-0.2, 0) is 11.2 Å². The Hall–Kier alpha value is -3.48. The lowest BCUT2D eigenvalue weighted by Crippen LogP contribution is -2.45. The van der Waals surface area contributed by atoms with E-state index in [1.165, 1.54) is 5.56 Å². The molecule has 1 saturated heterocycles. The van der Waals surface area contributed by atoms with E-state index >= 15 is 0 Å². The van der Waals surface area contributed by atoms with Crippen LogP contribution in [0, 0.1) is 5.92 Å². The molecule has 1 atom stereocenters. The summed E-state index contributed by atoms with van der Waals surface area (Å²) >= 11 is 0. The minimum Gasteiger partial charge on any atom is -0.355 e. The van der Waals surface area contributed by atoms with E-state index in [1.54, 1.807) is 23.4 Å². The van der Waals surface area contributed by atoms with Gasteiger partial charge in [0.15, 0.2) is 0 Å². The summed E-state index contributed by atoms with van der Waals surface area (Å²) < 4.78 is 0. The fraction of sp³-hybridized carbons (Fsp3) is 0.304. The van der Waals surface area contributed by atoms with Crippen LogP contribution in [0.1, 0.15) is 28.9 Å². The standard InChI is InChI=1S/C23H25N5O2/c29-22(25-13-8-17-5-2-1-3-6-17)19-7-4-14-28(16-19)23(30)21-15-20(26-27-21)18-9-11-24-12-10-18/h1-3,5-6,9-12,15,19H,4,7-8,13-14,16H2,(H,25,29)(H,26,27). The van der Waals surface area contributed by atoms with E-state index in [9.17, 15) is 9.59 Å². The minimum atomic E-state index is -0.180. The first-order chi connectivity index (χ1) is 14.7. The second kappa shape index (κ2) is 9.35.